The van der Waals surface area contributed by atoms with E-state index in [1.807, 2.05) is 56.3 Å². The number of aromatic nitrogens is 1. The van der Waals surface area contributed by atoms with Crippen molar-refractivity contribution in [3.8, 4) is 23.3 Å². The van der Waals surface area contributed by atoms with Gasteiger partial charge in [0, 0.05) is 11.1 Å². The minimum Gasteiger partial charge on any atom is -0.493 e. The van der Waals surface area contributed by atoms with Gasteiger partial charge in [-0.25, -0.2) is 9.79 Å². The molecule has 0 radical (unpaired) electrons. The van der Waals surface area contributed by atoms with Crippen molar-refractivity contribution < 1.29 is 23.7 Å². The van der Waals surface area contributed by atoms with Crippen LogP contribution in [0, 0.1) is 11.3 Å². The molecule has 0 saturated heterocycles. The van der Waals surface area contributed by atoms with Gasteiger partial charge in [-0.05, 0) is 63.6 Å². The van der Waals surface area contributed by atoms with Gasteiger partial charge in [0.2, 0.25) is 0 Å². The first-order valence-electron chi connectivity index (χ1n) is 14.5. The molecule has 1 aliphatic rings. The Hall–Kier alpha value is -5.14. The minimum atomic E-state index is -0.793. The summed E-state index contributed by atoms with van der Waals surface area (Å²) < 4.78 is 25.1. The summed E-state index contributed by atoms with van der Waals surface area (Å²) in [4.78, 5) is 32.5. The molecule has 0 fully saturated rings. The summed E-state index contributed by atoms with van der Waals surface area (Å²) in [5.74, 6) is 1.01. The Morgan fingerprint density at radius 2 is 1.84 bits per heavy atom. The summed E-state index contributed by atoms with van der Waals surface area (Å²) in [5.41, 5.74) is 3.15. The highest BCUT2D eigenvalue weighted by Crippen LogP contribution is 2.36. The van der Waals surface area contributed by atoms with Gasteiger partial charge < -0.3 is 18.9 Å². The molecule has 0 spiro atoms. The van der Waals surface area contributed by atoms with Crippen LogP contribution in [0.4, 0.5) is 0 Å². The van der Waals surface area contributed by atoms with E-state index in [4.69, 9.17) is 18.9 Å². The molecule has 0 bridgehead atoms. The highest BCUT2D eigenvalue weighted by atomic mass is 32.1. The fraction of sp³-hybridized carbons (Fsp3) is 0.257. The second-order valence-corrected chi connectivity index (χ2v) is 11.5. The Morgan fingerprint density at radius 3 is 2.58 bits per heavy atom. The molecule has 9 nitrogen and oxygen atoms in total. The molecular formula is C35H33N3O6S. The average molecular weight is 624 g/mol. The van der Waals surface area contributed by atoms with E-state index < -0.39 is 12.0 Å². The number of methoxy groups -OCH3 is 1. The van der Waals surface area contributed by atoms with Gasteiger partial charge in [0.1, 0.15) is 18.4 Å². The van der Waals surface area contributed by atoms with Crippen molar-refractivity contribution in [3.05, 3.63) is 120 Å². The highest BCUT2D eigenvalue weighted by molar-refractivity contribution is 7.07. The number of fused-ring (bicyclic) bond motifs is 1. The number of esters is 1. The number of hydrogen-bond donors (Lipinski definition) is 0. The molecule has 0 amide bonds. The number of rotatable bonds is 10. The number of carbonyl (C=O) groups is 1. The molecule has 1 aromatic heterocycles. The van der Waals surface area contributed by atoms with E-state index in [1.165, 1.54) is 11.3 Å². The first kappa shape index (κ1) is 31.3. The lowest BCUT2D eigenvalue weighted by Crippen LogP contribution is -2.40. The van der Waals surface area contributed by atoms with Crippen molar-refractivity contribution in [1.29, 1.82) is 5.26 Å². The Morgan fingerprint density at radius 1 is 1.09 bits per heavy atom. The van der Waals surface area contributed by atoms with Gasteiger partial charge >= 0.3 is 5.97 Å². The summed E-state index contributed by atoms with van der Waals surface area (Å²) >= 11 is 1.23. The molecule has 230 valence electrons. The van der Waals surface area contributed by atoms with E-state index in [1.54, 1.807) is 55.9 Å². The van der Waals surface area contributed by atoms with Gasteiger partial charge in [-0.1, -0.05) is 53.8 Å². The molecule has 2 heterocycles. The summed E-state index contributed by atoms with van der Waals surface area (Å²) in [6.45, 7) is 7.72. The zero-order valence-corrected chi connectivity index (χ0v) is 26.5. The molecule has 0 unspecified atom stereocenters. The molecule has 4 aromatic rings. The molecule has 0 aliphatic carbocycles. The van der Waals surface area contributed by atoms with E-state index >= 15 is 0 Å². The van der Waals surface area contributed by atoms with Crippen LogP contribution < -0.4 is 29.1 Å². The van der Waals surface area contributed by atoms with Crippen LogP contribution in [0.25, 0.3) is 6.08 Å². The maximum Gasteiger partial charge on any atom is 0.338 e. The van der Waals surface area contributed by atoms with E-state index in [0.717, 1.165) is 5.56 Å². The fourth-order valence-electron chi connectivity index (χ4n) is 5.11. The molecule has 10 heteroatoms. The monoisotopic (exact) mass is 623 g/mol. The number of thiazole rings is 1. The zero-order valence-electron chi connectivity index (χ0n) is 25.7. The maximum atomic E-state index is 14.1. The van der Waals surface area contributed by atoms with E-state index in [2.05, 4.69) is 11.1 Å². The predicted octanol–water partition coefficient (Wildman–Crippen LogP) is 5.04. The van der Waals surface area contributed by atoms with Gasteiger partial charge in [-0.15, -0.1) is 0 Å². The summed E-state index contributed by atoms with van der Waals surface area (Å²) in [6.07, 6.45) is 1.64. The van der Waals surface area contributed by atoms with E-state index in [0.29, 0.717) is 49.0 Å². The normalized spacial score (nSPS) is 14.4. The van der Waals surface area contributed by atoms with Crippen LogP contribution in [0.1, 0.15) is 56.0 Å². The second-order valence-electron chi connectivity index (χ2n) is 10.5. The van der Waals surface area contributed by atoms with Crippen LogP contribution in [-0.4, -0.2) is 30.4 Å². The lowest BCUT2D eigenvalue weighted by Gasteiger charge is -2.26. The molecular weight excluding hydrogens is 590 g/mol. The average Bonchev–Trinajstić information content (AvgIpc) is 3.33. The minimum absolute atomic E-state index is 0.124. The first-order valence-corrected chi connectivity index (χ1v) is 15.3. The molecule has 1 atom stereocenters. The summed E-state index contributed by atoms with van der Waals surface area (Å²) in [7, 11) is 1.54. The third-order valence-electron chi connectivity index (χ3n) is 7.10. The lowest BCUT2D eigenvalue weighted by atomic mass is 9.95. The number of nitrogens with zero attached hydrogens (tertiary/aromatic N) is 3. The Bertz CT molecular complexity index is 2000. The number of nitriles is 1. The molecule has 1 aliphatic heterocycles. The Balaban J connectivity index is 1.57. The number of hydrogen-bond acceptors (Lipinski definition) is 9. The van der Waals surface area contributed by atoms with Crippen LogP contribution in [0.15, 0.2) is 87.8 Å². The quantitative estimate of drug-likeness (QED) is 0.228. The van der Waals surface area contributed by atoms with Crippen molar-refractivity contribution in [1.82, 2.24) is 4.57 Å². The van der Waals surface area contributed by atoms with E-state index in [9.17, 15) is 14.9 Å². The zero-order chi connectivity index (χ0) is 32.1. The molecule has 45 heavy (non-hydrogen) atoms. The first-order chi connectivity index (χ1) is 21.7. The van der Waals surface area contributed by atoms with Crippen molar-refractivity contribution in [2.75, 3.05) is 13.7 Å². The van der Waals surface area contributed by atoms with Crippen molar-refractivity contribution in [2.45, 2.75) is 46.4 Å². The van der Waals surface area contributed by atoms with Gasteiger partial charge in [0.15, 0.2) is 16.3 Å². The van der Waals surface area contributed by atoms with Crippen LogP contribution in [0.2, 0.25) is 0 Å². The third kappa shape index (κ3) is 6.54. The topological polar surface area (TPSA) is 112 Å². The number of ether oxygens (including phenoxy) is 4. The summed E-state index contributed by atoms with van der Waals surface area (Å²) in [6, 6.07) is 21.4. The number of benzene rings is 3. The molecule has 5 rings (SSSR count). The highest BCUT2D eigenvalue weighted by Gasteiger charge is 2.35. The third-order valence-corrected chi connectivity index (χ3v) is 8.08. The fourth-order valence-corrected chi connectivity index (χ4v) is 6.16. The van der Waals surface area contributed by atoms with Crippen LogP contribution in [0.5, 0.6) is 17.2 Å². The van der Waals surface area contributed by atoms with Crippen LogP contribution in [-0.2, 0) is 16.1 Å². The number of allylic oxidation sites excluding steroid dienone is 1. The largest absolute Gasteiger partial charge is 0.493 e. The van der Waals surface area contributed by atoms with E-state index in [-0.39, 0.29) is 30.5 Å². The van der Waals surface area contributed by atoms with Crippen molar-refractivity contribution in [2.24, 2.45) is 4.99 Å². The molecule has 3 aromatic carbocycles. The summed E-state index contributed by atoms with van der Waals surface area (Å²) in [5, 5.41) is 9.39. The maximum absolute atomic E-state index is 14.1. The van der Waals surface area contributed by atoms with Crippen LogP contribution in [0.3, 0.4) is 0 Å². The lowest BCUT2D eigenvalue weighted by molar-refractivity contribution is -0.139. The van der Waals surface area contributed by atoms with Gasteiger partial charge in [-0.3, -0.25) is 9.36 Å². The predicted molar refractivity (Wildman–Crippen MR) is 171 cm³/mol. The SMILES string of the molecule is CCOC(=O)C1=C(C)N=c2s/c(=C/c3ccc(OCc4ccccc4C#N)c(OC)c3)c(=O)n2[C@H]1c1ccccc1OC(C)C. The second kappa shape index (κ2) is 13.7. The molecule has 0 N–H and O–H groups in total. The van der Waals surface area contributed by atoms with Crippen molar-refractivity contribution >= 4 is 23.4 Å². The van der Waals surface area contributed by atoms with Gasteiger partial charge in [-0.2, -0.15) is 5.26 Å². The molecule has 0 saturated carbocycles. The van der Waals surface area contributed by atoms with Gasteiger partial charge in [0.05, 0.1) is 47.3 Å². The number of carbonyl (C=O) groups excluding carboxylic acids is 1. The smallest absolute Gasteiger partial charge is 0.338 e. The van der Waals surface area contributed by atoms with Crippen LogP contribution >= 0.6 is 11.3 Å². The standard InChI is InChI=1S/C35H33N3O6S/c1-6-42-34(40)31-22(4)37-35-38(32(31)26-13-9-10-14-27(26)44-21(2)3)33(39)30(45-35)18-23-15-16-28(29(17-23)41-5)43-20-25-12-8-7-11-24(25)19-36/h7-18,21,32H,6,20H2,1-5H3/b30-18+/t32-/m0/s1. The Labute approximate surface area is 264 Å². The Kier molecular flexibility index (Phi) is 9.50. The van der Waals surface area contributed by atoms with Gasteiger partial charge in [0.25, 0.3) is 5.56 Å². The van der Waals surface area contributed by atoms with Crippen molar-refractivity contribution in [3.63, 3.8) is 0 Å². The number of para-hydroxylation sites is 1.